The van der Waals surface area contributed by atoms with E-state index in [-0.39, 0.29) is 0 Å². The van der Waals surface area contributed by atoms with Crippen LogP contribution in [-0.4, -0.2) is 25.2 Å². The molecule has 3 heteroatoms. The van der Waals surface area contributed by atoms with E-state index in [2.05, 4.69) is 41.5 Å². The van der Waals surface area contributed by atoms with Crippen molar-refractivity contribution in [2.24, 2.45) is 17.8 Å². The molecule has 102 valence electrons. The van der Waals surface area contributed by atoms with Crippen molar-refractivity contribution in [1.82, 2.24) is 0 Å². The predicted molar refractivity (Wildman–Crippen MR) is 78.0 cm³/mol. The number of rotatable bonds is 6. The fourth-order valence-corrected chi connectivity index (χ4v) is 6.87. The van der Waals surface area contributed by atoms with Crippen LogP contribution in [-0.2, 0) is 4.79 Å². The maximum Gasteiger partial charge on any atom is 0.300 e. The zero-order valence-corrected chi connectivity index (χ0v) is 13.9. The Balaban J connectivity index is 0. The van der Waals surface area contributed by atoms with Crippen LogP contribution in [0.25, 0.3) is 0 Å². The molecule has 0 bridgehead atoms. The van der Waals surface area contributed by atoms with Gasteiger partial charge in [0.05, 0.1) is 0 Å². The highest BCUT2D eigenvalue weighted by molar-refractivity contribution is 6.58. The molecule has 0 heterocycles. The SMILES string of the molecule is CC(=O)O.CC(C)[CH2][Al]([CH2]C(C)C)[CH2]C(C)C. The zero-order chi connectivity index (χ0) is 14.0. The van der Waals surface area contributed by atoms with E-state index >= 15 is 0 Å². The molecule has 0 radical (unpaired) electrons. The summed E-state index contributed by atoms with van der Waals surface area (Å²) in [4.78, 5) is 9.00. The lowest BCUT2D eigenvalue weighted by Crippen LogP contribution is -2.19. The summed E-state index contributed by atoms with van der Waals surface area (Å²) in [5, 5.41) is 12.1. The molecule has 0 aromatic rings. The van der Waals surface area contributed by atoms with Crippen molar-refractivity contribution in [3.05, 3.63) is 0 Å². The first kappa shape index (κ1) is 19.3. The van der Waals surface area contributed by atoms with Gasteiger partial charge in [0.1, 0.15) is 0 Å². The van der Waals surface area contributed by atoms with E-state index < -0.39 is 20.1 Å². The van der Waals surface area contributed by atoms with Crippen molar-refractivity contribution in [3.8, 4) is 0 Å². The summed E-state index contributed by atoms with van der Waals surface area (Å²) >= 11 is -0.407. The van der Waals surface area contributed by atoms with Gasteiger partial charge in [0, 0.05) is 6.92 Å². The number of hydrogen-bond donors (Lipinski definition) is 1. The van der Waals surface area contributed by atoms with Crippen LogP contribution >= 0.6 is 0 Å². The second-order valence-electron chi connectivity index (χ2n) is 6.27. The van der Waals surface area contributed by atoms with Gasteiger partial charge < -0.3 is 5.11 Å². The molecule has 0 rings (SSSR count). The van der Waals surface area contributed by atoms with Gasteiger partial charge >= 0.3 is 0 Å². The molecule has 0 aliphatic carbocycles. The van der Waals surface area contributed by atoms with Crippen molar-refractivity contribution in [3.63, 3.8) is 0 Å². The molecule has 0 aromatic heterocycles. The number of carboxylic acids is 1. The Morgan fingerprint density at radius 1 is 0.882 bits per heavy atom. The Kier molecular flexibility index (Phi) is 12.6. The number of carboxylic acid groups (broad SMARTS) is 1. The minimum Gasteiger partial charge on any atom is -0.481 e. The highest BCUT2D eigenvalue weighted by Crippen LogP contribution is 2.20. The Morgan fingerprint density at radius 3 is 1.18 bits per heavy atom. The molecule has 0 atom stereocenters. The third-order valence-electron chi connectivity index (χ3n) is 2.41. The van der Waals surface area contributed by atoms with Crippen LogP contribution in [0.2, 0.25) is 15.8 Å². The van der Waals surface area contributed by atoms with Gasteiger partial charge in [-0.05, 0) is 0 Å². The Morgan fingerprint density at radius 2 is 1.06 bits per heavy atom. The fourth-order valence-electron chi connectivity index (χ4n) is 2.29. The second-order valence-corrected chi connectivity index (χ2v) is 9.42. The topological polar surface area (TPSA) is 37.3 Å². The van der Waals surface area contributed by atoms with Crippen molar-refractivity contribution >= 4 is 20.1 Å². The van der Waals surface area contributed by atoms with Crippen LogP contribution in [0.1, 0.15) is 48.5 Å². The number of aliphatic carboxylic acids is 1. The molecule has 0 saturated heterocycles. The van der Waals surface area contributed by atoms with E-state index in [0.717, 1.165) is 24.7 Å². The average Bonchev–Trinajstić information content (AvgIpc) is 1.96. The van der Waals surface area contributed by atoms with Gasteiger partial charge in [-0.3, -0.25) is 4.79 Å². The van der Waals surface area contributed by atoms with E-state index in [9.17, 15) is 0 Å². The van der Waals surface area contributed by atoms with Crippen molar-refractivity contribution in [1.29, 1.82) is 0 Å². The van der Waals surface area contributed by atoms with Gasteiger partial charge in [0.25, 0.3) is 20.1 Å². The standard InChI is InChI=1S/3C4H9.C2H4O2.Al/c3*1-4(2)3;1-2(3)4;/h3*4H,1H2,2-3H3;1H3,(H,3,4);. The summed E-state index contributed by atoms with van der Waals surface area (Å²) in [7, 11) is 0. The number of carbonyl (C=O) groups is 1. The van der Waals surface area contributed by atoms with E-state index in [4.69, 9.17) is 9.90 Å². The minimum absolute atomic E-state index is 0.407. The molecule has 0 aromatic carbocycles. The smallest absolute Gasteiger partial charge is 0.300 e. The lowest BCUT2D eigenvalue weighted by atomic mass is 10.2. The Hall–Kier alpha value is 0.00247. The van der Waals surface area contributed by atoms with Gasteiger partial charge in [0.2, 0.25) is 0 Å². The molecule has 0 spiro atoms. The molecular weight excluding hydrogens is 227 g/mol. The van der Waals surface area contributed by atoms with Crippen LogP contribution in [0, 0.1) is 17.8 Å². The monoisotopic (exact) mass is 258 g/mol. The maximum absolute atomic E-state index is 9.00. The zero-order valence-electron chi connectivity index (χ0n) is 12.8. The quantitative estimate of drug-likeness (QED) is 0.710. The highest BCUT2D eigenvalue weighted by Gasteiger charge is 2.20. The summed E-state index contributed by atoms with van der Waals surface area (Å²) in [5.41, 5.74) is 0. The van der Waals surface area contributed by atoms with E-state index in [1.54, 1.807) is 15.8 Å². The van der Waals surface area contributed by atoms with Gasteiger partial charge in [-0.2, -0.15) is 0 Å². The highest BCUT2D eigenvalue weighted by atomic mass is 27.2. The number of hydrogen-bond acceptors (Lipinski definition) is 1. The van der Waals surface area contributed by atoms with Gasteiger partial charge in [-0.15, -0.1) is 0 Å². The van der Waals surface area contributed by atoms with Crippen molar-refractivity contribution < 1.29 is 9.90 Å². The first-order chi connectivity index (χ1) is 7.65. The Bertz CT molecular complexity index is 161. The summed E-state index contributed by atoms with van der Waals surface area (Å²) < 4.78 is 0. The molecule has 0 aliphatic rings. The Labute approximate surface area is 112 Å². The van der Waals surface area contributed by atoms with Gasteiger partial charge in [-0.25, -0.2) is 0 Å². The fraction of sp³-hybridized carbons (Fsp3) is 0.929. The van der Waals surface area contributed by atoms with E-state index in [1.807, 2.05) is 0 Å². The third kappa shape index (κ3) is 21.8. The maximum atomic E-state index is 9.00. The molecular formula is C14H31AlO2. The van der Waals surface area contributed by atoms with Crippen LogP contribution in [0.4, 0.5) is 0 Å². The van der Waals surface area contributed by atoms with Gasteiger partial charge in [0.15, 0.2) is 0 Å². The first-order valence-corrected chi connectivity index (χ1v) is 9.29. The summed E-state index contributed by atoms with van der Waals surface area (Å²) in [6.45, 7) is 15.3. The molecule has 1 N–H and O–H groups in total. The van der Waals surface area contributed by atoms with Crippen LogP contribution < -0.4 is 0 Å². The van der Waals surface area contributed by atoms with E-state index in [0.29, 0.717) is 0 Å². The largest absolute Gasteiger partial charge is 0.481 e. The lowest BCUT2D eigenvalue weighted by Gasteiger charge is -2.17. The average molecular weight is 258 g/mol. The van der Waals surface area contributed by atoms with Gasteiger partial charge in [-0.1, -0.05) is 75.1 Å². The molecule has 0 saturated carbocycles. The van der Waals surface area contributed by atoms with E-state index in [1.165, 1.54) is 0 Å². The summed E-state index contributed by atoms with van der Waals surface area (Å²) in [5.74, 6) is 1.94. The minimum atomic E-state index is -0.833. The normalized spacial score (nSPS) is 10.5. The molecule has 0 unspecified atom stereocenters. The molecule has 0 amide bonds. The predicted octanol–water partition coefficient (Wildman–Crippen LogP) is 4.54. The molecule has 0 fully saturated rings. The lowest BCUT2D eigenvalue weighted by molar-refractivity contribution is -0.134. The van der Waals surface area contributed by atoms with Crippen LogP contribution in [0.3, 0.4) is 0 Å². The van der Waals surface area contributed by atoms with Crippen molar-refractivity contribution in [2.45, 2.75) is 64.3 Å². The first-order valence-electron chi connectivity index (χ1n) is 6.84. The summed E-state index contributed by atoms with van der Waals surface area (Å²) in [6.07, 6.45) is 0. The molecule has 2 nitrogen and oxygen atoms in total. The van der Waals surface area contributed by atoms with Crippen LogP contribution in [0.15, 0.2) is 0 Å². The molecule has 17 heavy (non-hydrogen) atoms. The molecule has 0 aliphatic heterocycles. The second kappa shape index (κ2) is 11.1. The third-order valence-corrected chi connectivity index (χ3v) is 7.24. The van der Waals surface area contributed by atoms with Crippen molar-refractivity contribution in [2.75, 3.05) is 0 Å². The van der Waals surface area contributed by atoms with Crippen LogP contribution in [0.5, 0.6) is 0 Å². The summed E-state index contributed by atoms with van der Waals surface area (Å²) in [6, 6.07) is 0.